The quantitative estimate of drug-likeness (QED) is 0.629. The molecule has 0 atom stereocenters. The summed E-state index contributed by atoms with van der Waals surface area (Å²) in [6, 6.07) is 13.0. The van der Waals surface area contributed by atoms with Crippen LogP contribution >= 0.6 is 0 Å². The maximum Gasteiger partial charge on any atom is 0.254 e. The molecule has 0 aromatic heterocycles. The molecule has 1 saturated heterocycles. The van der Waals surface area contributed by atoms with Gasteiger partial charge in [-0.05, 0) is 35.9 Å². The van der Waals surface area contributed by atoms with Crippen LogP contribution < -0.4 is 14.2 Å². The van der Waals surface area contributed by atoms with Gasteiger partial charge in [-0.15, -0.1) is 0 Å². The van der Waals surface area contributed by atoms with E-state index in [0.717, 1.165) is 38.4 Å². The minimum absolute atomic E-state index is 0.0306. The highest BCUT2D eigenvalue weighted by atomic mass is 16.5. The van der Waals surface area contributed by atoms with Gasteiger partial charge < -0.3 is 23.8 Å². The molecular weight excluding hydrogens is 384 g/mol. The fraction of sp³-hybridized carbons (Fsp3) is 0.435. The van der Waals surface area contributed by atoms with Crippen LogP contribution in [-0.4, -0.2) is 76.4 Å². The number of carbonyl (C=O) groups excluding carboxylic acids is 1. The van der Waals surface area contributed by atoms with Gasteiger partial charge in [0, 0.05) is 38.3 Å². The van der Waals surface area contributed by atoms with Gasteiger partial charge in [0.25, 0.3) is 5.91 Å². The molecule has 0 bridgehead atoms. The molecule has 162 valence electrons. The van der Waals surface area contributed by atoms with Crippen LogP contribution in [-0.2, 0) is 11.3 Å². The summed E-state index contributed by atoms with van der Waals surface area (Å²) in [5.41, 5.74) is 1.59. The summed E-state index contributed by atoms with van der Waals surface area (Å²) in [4.78, 5) is 17.5. The van der Waals surface area contributed by atoms with Crippen LogP contribution in [0.4, 0.5) is 0 Å². The van der Waals surface area contributed by atoms with Crippen LogP contribution in [0.2, 0.25) is 0 Å². The van der Waals surface area contributed by atoms with Crippen molar-refractivity contribution in [1.82, 2.24) is 9.80 Å². The van der Waals surface area contributed by atoms with Crippen LogP contribution in [0.15, 0.2) is 42.5 Å². The van der Waals surface area contributed by atoms with E-state index >= 15 is 0 Å². The van der Waals surface area contributed by atoms with Crippen molar-refractivity contribution in [3.8, 4) is 17.2 Å². The number of morpholine rings is 1. The van der Waals surface area contributed by atoms with Gasteiger partial charge in [-0.1, -0.05) is 12.1 Å². The maximum atomic E-state index is 13.3. The van der Waals surface area contributed by atoms with Crippen LogP contribution in [0, 0.1) is 0 Å². The third-order valence-electron chi connectivity index (χ3n) is 5.22. The Bertz CT molecular complexity index is 836. The standard InChI is InChI=1S/C23H30N2O5/c1-27-20-6-4-5-19(16-20)23(26)25(10-9-24-11-13-30-14-12-24)17-18-7-8-21(28-2)22(15-18)29-3/h4-8,15-16H,9-14,17H2,1-3H3. The lowest BCUT2D eigenvalue weighted by Crippen LogP contribution is -2.42. The Morgan fingerprint density at radius 2 is 1.77 bits per heavy atom. The lowest BCUT2D eigenvalue weighted by Gasteiger charge is -2.30. The molecule has 0 saturated carbocycles. The number of methoxy groups -OCH3 is 3. The van der Waals surface area contributed by atoms with Gasteiger partial charge in [0.05, 0.1) is 34.5 Å². The van der Waals surface area contributed by atoms with Gasteiger partial charge in [-0.3, -0.25) is 9.69 Å². The van der Waals surface area contributed by atoms with E-state index in [9.17, 15) is 4.79 Å². The van der Waals surface area contributed by atoms with Crippen molar-refractivity contribution in [3.63, 3.8) is 0 Å². The van der Waals surface area contributed by atoms with E-state index in [4.69, 9.17) is 18.9 Å². The summed E-state index contributed by atoms with van der Waals surface area (Å²) in [6.45, 7) is 5.13. The lowest BCUT2D eigenvalue weighted by molar-refractivity contribution is 0.0320. The molecule has 1 fully saturated rings. The molecule has 0 spiro atoms. The number of nitrogens with zero attached hydrogens (tertiary/aromatic N) is 2. The van der Waals surface area contributed by atoms with E-state index in [1.165, 1.54) is 0 Å². The number of hydrogen-bond acceptors (Lipinski definition) is 6. The van der Waals surface area contributed by atoms with Crippen molar-refractivity contribution in [2.24, 2.45) is 0 Å². The highest BCUT2D eigenvalue weighted by Crippen LogP contribution is 2.28. The zero-order valence-corrected chi connectivity index (χ0v) is 17.9. The van der Waals surface area contributed by atoms with E-state index in [1.54, 1.807) is 27.4 Å². The van der Waals surface area contributed by atoms with E-state index in [1.807, 2.05) is 41.3 Å². The Hall–Kier alpha value is -2.77. The third kappa shape index (κ3) is 5.64. The number of ether oxygens (including phenoxy) is 4. The minimum Gasteiger partial charge on any atom is -0.497 e. The van der Waals surface area contributed by atoms with Crippen molar-refractivity contribution in [2.45, 2.75) is 6.54 Å². The fourth-order valence-electron chi connectivity index (χ4n) is 3.48. The van der Waals surface area contributed by atoms with Crippen molar-refractivity contribution in [1.29, 1.82) is 0 Å². The second kappa shape index (κ2) is 10.8. The number of amides is 1. The highest BCUT2D eigenvalue weighted by molar-refractivity contribution is 5.94. The van der Waals surface area contributed by atoms with Crippen LogP contribution in [0.1, 0.15) is 15.9 Å². The molecule has 2 aromatic rings. The molecule has 1 aliphatic rings. The molecule has 7 nitrogen and oxygen atoms in total. The molecule has 0 aliphatic carbocycles. The Labute approximate surface area is 178 Å². The Morgan fingerprint density at radius 1 is 1.00 bits per heavy atom. The topological polar surface area (TPSA) is 60.5 Å². The summed E-state index contributed by atoms with van der Waals surface area (Å²) in [6.07, 6.45) is 0. The molecule has 1 heterocycles. The number of hydrogen-bond donors (Lipinski definition) is 0. The monoisotopic (exact) mass is 414 g/mol. The van der Waals surface area contributed by atoms with E-state index in [0.29, 0.717) is 35.9 Å². The number of carbonyl (C=O) groups is 1. The first-order chi connectivity index (χ1) is 14.6. The van der Waals surface area contributed by atoms with Gasteiger partial charge in [0.2, 0.25) is 0 Å². The van der Waals surface area contributed by atoms with E-state index in [-0.39, 0.29) is 5.91 Å². The van der Waals surface area contributed by atoms with E-state index < -0.39 is 0 Å². The lowest BCUT2D eigenvalue weighted by atomic mass is 10.1. The molecular formula is C23H30N2O5. The largest absolute Gasteiger partial charge is 0.497 e. The Morgan fingerprint density at radius 3 is 2.47 bits per heavy atom. The average Bonchev–Trinajstić information content (AvgIpc) is 2.81. The van der Waals surface area contributed by atoms with Gasteiger partial charge in [-0.2, -0.15) is 0 Å². The molecule has 2 aromatic carbocycles. The molecule has 0 radical (unpaired) electrons. The Kier molecular flexibility index (Phi) is 7.93. The average molecular weight is 415 g/mol. The predicted octanol–water partition coefficient (Wildman–Crippen LogP) is 2.69. The fourth-order valence-corrected chi connectivity index (χ4v) is 3.48. The first-order valence-corrected chi connectivity index (χ1v) is 10.1. The normalized spacial score (nSPS) is 14.2. The van der Waals surface area contributed by atoms with Crippen molar-refractivity contribution in [3.05, 3.63) is 53.6 Å². The van der Waals surface area contributed by atoms with Crippen LogP contribution in [0.3, 0.4) is 0 Å². The first-order valence-electron chi connectivity index (χ1n) is 10.1. The van der Waals surface area contributed by atoms with Gasteiger partial charge in [-0.25, -0.2) is 0 Å². The maximum absolute atomic E-state index is 13.3. The predicted molar refractivity (Wildman–Crippen MR) is 115 cm³/mol. The zero-order valence-electron chi connectivity index (χ0n) is 17.9. The second-order valence-corrected chi connectivity index (χ2v) is 7.10. The summed E-state index contributed by atoms with van der Waals surface area (Å²) < 4.78 is 21.5. The minimum atomic E-state index is -0.0306. The summed E-state index contributed by atoms with van der Waals surface area (Å²) in [5, 5.41) is 0. The third-order valence-corrected chi connectivity index (χ3v) is 5.22. The highest BCUT2D eigenvalue weighted by Gasteiger charge is 2.20. The summed E-state index contributed by atoms with van der Waals surface area (Å²) in [7, 11) is 4.82. The SMILES string of the molecule is COc1cccc(C(=O)N(CCN2CCOCC2)Cc2ccc(OC)c(OC)c2)c1. The zero-order chi connectivity index (χ0) is 21.3. The second-order valence-electron chi connectivity index (χ2n) is 7.10. The molecule has 3 rings (SSSR count). The summed E-state index contributed by atoms with van der Waals surface area (Å²) in [5.74, 6) is 1.95. The first kappa shape index (κ1) is 21.9. The van der Waals surface area contributed by atoms with Crippen molar-refractivity contribution in [2.75, 3.05) is 60.7 Å². The number of rotatable bonds is 9. The van der Waals surface area contributed by atoms with E-state index in [2.05, 4.69) is 4.90 Å². The van der Waals surface area contributed by atoms with Gasteiger partial charge >= 0.3 is 0 Å². The molecule has 7 heteroatoms. The molecule has 1 amide bonds. The molecule has 1 aliphatic heterocycles. The van der Waals surface area contributed by atoms with Crippen LogP contribution in [0.5, 0.6) is 17.2 Å². The van der Waals surface area contributed by atoms with Crippen molar-refractivity contribution < 1.29 is 23.7 Å². The molecule has 30 heavy (non-hydrogen) atoms. The van der Waals surface area contributed by atoms with Crippen molar-refractivity contribution >= 4 is 5.91 Å². The van der Waals surface area contributed by atoms with Crippen LogP contribution in [0.25, 0.3) is 0 Å². The van der Waals surface area contributed by atoms with Gasteiger partial charge in [0.1, 0.15) is 5.75 Å². The van der Waals surface area contributed by atoms with Gasteiger partial charge in [0.15, 0.2) is 11.5 Å². The summed E-state index contributed by atoms with van der Waals surface area (Å²) >= 11 is 0. The number of benzene rings is 2. The Balaban J connectivity index is 1.79. The molecule has 0 unspecified atom stereocenters. The molecule has 0 N–H and O–H groups in total. The smallest absolute Gasteiger partial charge is 0.254 e.